The van der Waals surface area contributed by atoms with Gasteiger partial charge in [0.2, 0.25) is 17.2 Å². The van der Waals surface area contributed by atoms with E-state index in [1.54, 1.807) is 22.9 Å². The molecule has 0 spiro atoms. The summed E-state index contributed by atoms with van der Waals surface area (Å²) in [4.78, 5) is 34.8. The van der Waals surface area contributed by atoms with Crippen molar-refractivity contribution in [2.24, 2.45) is 0 Å². The molecular formula is C24H25N5O3. The Labute approximate surface area is 185 Å². The minimum atomic E-state index is -0.272. The van der Waals surface area contributed by atoms with Crippen molar-refractivity contribution >= 4 is 16.9 Å². The first kappa shape index (κ1) is 21.4. The molecule has 0 radical (unpaired) electrons. The molecule has 1 unspecified atom stereocenters. The quantitative estimate of drug-likeness (QED) is 0.500. The molecule has 0 saturated carbocycles. The molecule has 0 aliphatic rings. The third kappa shape index (κ3) is 4.16. The van der Waals surface area contributed by atoms with E-state index in [0.717, 1.165) is 23.2 Å². The second-order valence-electron chi connectivity index (χ2n) is 7.94. The van der Waals surface area contributed by atoms with Crippen molar-refractivity contribution in [1.82, 2.24) is 25.0 Å². The molecule has 1 atom stereocenters. The molecule has 0 bridgehead atoms. The minimum Gasteiger partial charge on any atom is -0.352 e. The summed E-state index contributed by atoms with van der Waals surface area (Å²) in [6.07, 6.45) is 2.39. The van der Waals surface area contributed by atoms with Gasteiger partial charge in [0.15, 0.2) is 0 Å². The molecule has 32 heavy (non-hydrogen) atoms. The zero-order valence-corrected chi connectivity index (χ0v) is 18.5. The maximum atomic E-state index is 13.2. The number of hydrogen-bond acceptors (Lipinski definition) is 6. The standard InChI is InChI=1S/C24H25N5O3/c1-5-15(3)25-20(30)13-29-12-19(21(31)18-11-10-16(4)26-23(18)29)24-27-22(28-32-24)17-9-7-6-8-14(17)2/h6-12,15H,5,13H2,1-4H3,(H,25,30). The van der Waals surface area contributed by atoms with Gasteiger partial charge in [0, 0.05) is 23.5 Å². The highest BCUT2D eigenvalue weighted by Crippen LogP contribution is 2.24. The second-order valence-corrected chi connectivity index (χ2v) is 7.94. The molecule has 1 N–H and O–H groups in total. The number of amides is 1. The Kier molecular flexibility index (Phi) is 5.85. The fourth-order valence-corrected chi connectivity index (χ4v) is 3.48. The van der Waals surface area contributed by atoms with Gasteiger partial charge in [0.25, 0.3) is 5.89 Å². The molecule has 3 aromatic heterocycles. The van der Waals surface area contributed by atoms with Gasteiger partial charge in [0.1, 0.15) is 17.8 Å². The van der Waals surface area contributed by atoms with Gasteiger partial charge in [-0.2, -0.15) is 4.98 Å². The number of aryl methyl sites for hydroxylation is 2. The first-order chi connectivity index (χ1) is 15.4. The largest absolute Gasteiger partial charge is 0.352 e. The van der Waals surface area contributed by atoms with Gasteiger partial charge in [-0.05, 0) is 44.9 Å². The summed E-state index contributed by atoms with van der Waals surface area (Å²) in [5, 5.41) is 7.41. The van der Waals surface area contributed by atoms with Crippen LogP contribution in [-0.4, -0.2) is 31.6 Å². The van der Waals surface area contributed by atoms with Crippen LogP contribution in [0.2, 0.25) is 0 Å². The van der Waals surface area contributed by atoms with E-state index in [0.29, 0.717) is 16.9 Å². The van der Waals surface area contributed by atoms with Crippen LogP contribution in [0.5, 0.6) is 0 Å². The van der Waals surface area contributed by atoms with Crippen LogP contribution in [0.4, 0.5) is 0 Å². The molecule has 0 fully saturated rings. The van der Waals surface area contributed by atoms with Crippen LogP contribution in [0.3, 0.4) is 0 Å². The van der Waals surface area contributed by atoms with Crippen LogP contribution in [-0.2, 0) is 11.3 Å². The highest BCUT2D eigenvalue weighted by atomic mass is 16.5. The van der Waals surface area contributed by atoms with Gasteiger partial charge >= 0.3 is 0 Å². The number of fused-ring (bicyclic) bond motifs is 1. The molecule has 4 aromatic rings. The molecule has 164 valence electrons. The summed E-state index contributed by atoms with van der Waals surface area (Å²) < 4.78 is 7.12. The predicted molar refractivity (Wildman–Crippen MR) is 122 cm³/mol. The summed E-state index contributed by atoms with van der Waals surface area (Å²) in [6.45, 7) is 7.76. The molecule has 8 heteroatoms. The van der Waals surface area contributed by atoms with Crippen molar-refractivity contribution in [3.05, 3.63) is 64.1 Å². The predicted octanol–water partition coefficient (Wildman–Crippen LogP) is 3.65. The van der Waals surface area contributed by atoms with Crippen LogP contribution in [0, 0.1) is 13.8 Å². The van der Waals surface area contributed by atoms with Gasteiger partial charge in [-0.1, -0.05) is 36.3 Å². The number of hydrogen-bond donors (Lipinski definition) is 1. The van der Waals surface area contributed by atoms with Crippen molar-refractivity contribution in [3.8, 4) is 22.8 Å². The summed E-state index contributed by atoms with van der Waals surface area (Å²) >= 11 is 0. The average molecular weight is 431 g/mol. The Morgan fingerprint density at radius 3 is 2.66 bits per heavy atom. The number of carbonyl (C=O) groups excluding carboxylic acids is 1. The molecule has 0 saturated heterocycles. The maximum absolute atomic E-state index is 13.2. The van der Waals surface area contributed by atoms with Gasteiger partial charge in [0.05, 0.1) is 5.39 Å². The highest BCUT2D eigenvalue weighted by molar-refractivity contribution is 5.83. The maximum Gasteiger partial charge on any atom is 0.263 e. The Balaban J connectivity index is 1.81. The van der Waals surface area contributed by atoms with Crippen molar-refractivity contribution in [1.29, 1.82) is 0 Å². The van der Waals surface area contributed by atoms with E-state index in [1.165, 1.54) is 0 Å². The Morgan fingerprint density at radius 1 is 1.12 bits per heavy atom. The van der Waals surface area contributed by atoms with Crippen LogP contribution >= 0.6 is 0 Å². The second kappa shape index (κ2) is 8.74. The first-order valence-electron chi connectivity index (χ1n) is 10.6. The fourth-order valence-electron chi connectivity index (χ4n) is 3.48. The van der Waals surface area contributed by atoms with Gasteiger partial charge in [-0.3, -0.25) is 9.59 Å². The van der Waals surface area contributed by atoms with E-state index in [4.69, 9.17) is 4.52 Å². The van der Waals surface area contributed by atoms with Crippen LogP contribution in [0.15, 0.2) is 51.9 Å². The number of rotatable bonds is 6. The third-order valence-corrected chi connectivity index (χ3v) is 5.44. The Bertz CT molecular complexity index is 1360. The lowest BCUT2D eigenvalue weighted by Crippen LogP contribution is -2.35. The first-order valence-corrected chi connectivity index (χ1v) is 10.6. The molecule has 8 nitrogen and oxygen atoms in total. The number of pyridine rings is 2. The van der Waals surface area contributed by atoms with Crippen molar-refractivity contribution in [2.75, 3.05) is 0 Å². The van der Waals surface area contributed by atoms with E-state index in [9.17, 15) is 9.59 Å². The molecule has 0 aliphatic carbocycles. The third-order valence-electron chi connectivity index (χ3n) is 5.44. The fraction of sp³-hybridized carbons (Fsp3) is 0.292. The van der Waals surface area contributed by atoms with Crippen LogP contribution in [0.1, 0.15) is 31.5 Å². The minimum absolute atomic E-state index is 0.0172. The molecular weight excluding hydrogens is 406 g/mol. The zero-order valence-electron chi connectivity index (χ0n) is 18.5. The summed E-state index contributed by atoms with van der Waals surface area (Å²) in [5.41, 5.74) is 2.97. The van der Waals surface area contributed by atoms with Gasteiger partial charge in [-0.25, -0.2) is 4.98 Å². The number of nitrogens with zero attached hydrogens (tertiary/aromatic N) is 4. The number of carbonyl (C=O) groups is 1. The van der Waals surface area contributed by atoms with E-state index >= 15 is 0 Å². The van der Waals surface area contributed by atoms with Crippen molar-refractivity contribution < 1.29 is 9.32 Å². The smallest absolute Gasteiger partial charge is 0.263 e. The Morgan fingerprint density at radius 2 is 1.91 bits per heavy atom. The summed E-state index contributed by atoms with van der Waals surface area (Å²) in [6, 6.07) is 11.2. The lowest BCUT2D eigenvalue weighted by molar-refractivity contribution is -0.122. The summed E-state index contributed by atoms with van der Waals surface area (Å²) in [5.74, 6) is 0.345. The van der Waals surface area contributed by atoms with E-state index in [1.807, 2.05) is 52.0 Å². The number of aromatic nitrogens is 4. The van der Waals surface area contributed by atoms with Crippen LogP contribution in [0.25, 0.3) is 33.9 Å². The average Bonchev–Trinajstić information content (AvgIpc) is 3.25. The van der Waals surface area contributed by atoms with Gasteiger partial charge < -0.3 is 14.4 Å². The molecule has 0 aliphatic heterocycles. The van der Waals surface area contributed by atoms with Crippen molar-refractivity contribution in [3.63, 3.8) is 0 Å². The summed E-state index contributed by atoms with van der Waals surface area (Å²) in [7, 11) is 0. The monoisotopic (exact) mass is 431 g/mol. The normalized spacial score (nSPS) is 12.1. The molecule has 1 aromatic carbocycles. The van der Waals surface area contributed by atoms with E-state index in [-0.39, 0.29) is 35.4 Å². The van der Waals surface area contributed by atoms with E-state index in [2.05, 4.69) is 20.4 Å². The lowest BCUT2D eigenvalue weighted by atomic mass is 10.1. The van der Waals surface area contributed by atoms with E-state index < -0.39 is 0 Å². The number of benzene rings is 1. The SMILES string of the molecule is CCC(C)NC(=O)Cn1cc(-c2nc(-c3ccccc3C)no2)c(=O)c2ccc(C)nc21. The molecule has 4 rings (SSSR count). The van der Waals surface area contributed by atoms with Gasteiger partial charge in [-0.15, -0.1) is 0 Å². The lowest BCUT2D eigenvalue weighted by Gasteiger charge is -2.15. The molecule has 1 amide bonds. The Hall–Kier alpha value is -3.81. The van der Waals surface area contributed by atoms with Crippen LogP contribution < -0.4 is 10.7 Å². The topological polar surface area (TPSA) is 103 Å². The number of nitrogens with one attached hydrogen (secondary N) is 1. The zero-order chi connectivity index (χ0) is 22.8. The molecule has 3 heterocycles. The van der Waals surface area contributed by atoms with Crippen molar-refractivity contribution in [2.45, 2.75) is 46.7 Å². The highest BCUT2D eigenvalue weighted by Gasteiger charge is 2.20.